The summed E-state index contributed by atoms with van der Waals surface area (Å²) >= 11 is 0. The van der Waals surface area contributed by atoms with E-state index in [0.29, 0.717) is 6.61 Å². The predicted octanol–water partition coefficient (Wildman–Crippen LogP) is 1.21. The maximum Gasteiger partial charge on any atom is 0.307 e. The maximum atomic E-state index is 11.2. The van der Waals surface area contributed by atoms with Crippen LogP contribution in [0.25, 0.3) is 0 Å². The Morgan fingerprint density at radius 3 is 2.76 bits per heavy atom. The van der Waals surface area contributed by atoms with Gasteiger partial charge in [0.05, 0.1) is 25.0 Å². The van der Waals surface area contributed by atoms with Crippen LogP contribution in [0.1, 0.15) is 32.1 Å². The Morgan fingerprint density at radius 2 is 2.24 bits per heavy atom. The summed E-state index contributed by atoms with van der Waals surface area (Å²) in [4.78, 5) is 22.5. The lowest BCUT2D eigenvalue weighted by molar-refractivity contribution is -0.154. The first kappa shape index (κ1) is 12.4. The number of hydrogen-bond acceptors (Lipinski definition) is 4. The van der Waals surface area contributed by atoms with Crippen molar-refractivity contribution < 1.29 is 24.2 Å². The van der Waals surface area contributed by atoms with E-state index >= 15 is 0 Å². The number of esters is 1. The van der Waals surface area contributed by atoms with Gasteiger partial charge in [-0.15, -0.1) is 0 Å². The third kappa shape index (κ3) is 2.77. The van der Waals surface area contributed by atoms with E-state index in [-0.39, 0.29) is 17.9 Å². The average Bonchev–Trinajstić information content (AvgIpc) is 3.04. The Hall–Kier alpha value is -1.10. The summed E-state index contributed by atoms with van der Waals surface area (Å²) in [6.07, 6.45) is 3.49. The number of aliphatic carboxylic acids is 1. The van der Waals surface area contributed by atoms with E-state index in [4.69, 9.17) is 4.74 Å². The molecular formula is C12H18O5. The number of rotatable bonds is 4. The van der Waals surface area contributed by atoms with E-state index in [1.165, 1.54) is 7.11 Å². The molecule has 2 rings (SSSR count). The molecule has 0 aromatic heterocycles. The summed E-state index contributed by atoms with van der Waals surface area (Å²) in [7, 11) is 1.29. The van der Waals surface area contributed by atoms with Gasteiger partial charge >= 0.3 is 11.9 Å². The number of hydrogen-bond donors (Lipinski definition) is 1. The lowest BCUT2D eigenvalue weighted by atomic mass is 9.81. The maximum absolute atomic E-state index is 11.2. The summed E-state index contributed by atoms with van der Waals surface area (Å²) in [6, 6.07) is 0. The van der Waals surface area contributed by atoms with Gasteiger partial charge in [-0.1, -0.05) is 0 Å². The number of methoxy groups -OCH3 is 1. The molecule has 1 aliphatic heterocycles. The van der Waals surface area contributed by atoms with Crippen LogP contribution in [0.2, 0.25) is 0 Å². The molecule has 2 fully saturated rings. The third-order valence-electron chi connectivity index (χ3n) is 3.84. The molecule has 0 radical (unpaired) electrons. The van der Waals surface area contributed by atoms with Crippen molar-refractivity contribution in [1.82, 2.24) is 0 Å². The van der Waals surface area contributed by atoms with Crippen molar-refractivity contribution >= 4 is 11.9 Å². The number of carbonyl (C=O) groups excluding carboxylic acids is 1. The van der Waals surface area contributed by atoms with E-state index in [1.807, 2.05) is 0 Å². The molecule has 5 nitrogen and oxygen atoms in total. The molecule has 1 saturated carbocycles. The lowest BCUT2D eigenvalue weighted by Crippen LogP contribution is -2.35. The van der Waals surface area contributed by atoms with Crippen LogP contribution in [0.3, 0.4) is 0 Å². The Kier molecular flexibility index (Phi) is 3.38. The Bertz CT molecular complexity index is 321. The van der Waals surface area contributed by atoms with E-state index in [0.717, 1.165) is 25.7 Å². The number of carboxylic acids is 1. The van der Waals surface area contributed by atoms with Gasteiger partial charge in [0.15, 0.2) is 0 Å². The minimum Gasteiger partial charge on any atom is -0.481 e. The fourth-order valence-electron chi connectivity index (χ4n) is 2.62. The summed E-state index contributed by atoms with van der Waals surface area (Å²) in [5.74, 6) is -1.96. The topological polar surface area (TPSA) is 72.8 Å². The molecule has 1 heterocycles. The highest BCUT2D eigenvalue weighted by atomic mass is 16.5. The highest BCUT2D eigenvalue weighted by Crippen LogP contribution is 2.49. The highest BCUT2D eigenvalue weighted by molar-refractivity contribution is 5.79. The molecule has 0 amide bonds. The molecule has 1 saturated heterocycles. The summed E-state index contributed by atoms with van der Waals surface area (Å²) in [5.41, 5.74) is -0.0628. The van der Waals surface area contributed by atoms with Crippen molar-refractivity contribution in [2.75, 3.05) is 13.7 Å². The van der Waals surface area contributed by atoms with Crippen LogP contribution in [0.15, 0.2) is 0 Å². The minimum absolute atomic E-state index is 0.0304. The molecular weight excluding hydrogens is 224 g/mol. The van der Waals surface area contributed by atoms with Crippen LogP contribution < -0.4 is 0 Å². The second-order valence-corrected chi connectivity index (χ2v) is 5.01. The van der Waals surface area contributed by atoms with Crippen molar-refractivity contribution in [1.29, 1.82) is 0 Å². The largest absolute Gasteiger partial charge is 0.481 e. The monoisotopic (exact) mass is 242 g/mol. The fourth-order valence-corrected chi connectivity index (χ4v) is 2.62. The molecule has 1 spiro atoms. The zero-order chi connectivity index (χ0) is 12.5. The Labute approximate surface area is 100 Å². The smallest absolute Gasteiger partial charge is 0.307 e. The van der Waals surface area contributed by atoms with E-state index in [2.05, 4.69) is 4.74 Å². The first-order valence-electron chi connectivity index (χ1n) is 6.00. The van der Waals surface area contributed by atoms with E-state index in [9.17, 15) is 14.7 Å². The quantitative estimate of drug-likeness (QED) is 0.750. The lowest BCUT2D eigenvalue weighted by Gasteiger charge is -2.32. The average molecular weight is 242 g/mol. The zero-order valence-electron chi connectivity index (χ0n) is 9.98. The first-order valence-corrected chi connectivity index (χ1v) is 6.00. The van der Waals surface area contributed by atoms with Crippen LogP contribution >= 0.6 is 0 Å². The van der Waals surface area contributed by atoms with Gasteiger partial charge in [0.1, 0.15) is 0 Å². The van der Waals surface area contributed by atoms with Crippen LogP contribution in [0.5, 0.6) is 0 Å². The molecule has 1 N–H and O–H groups in total. The number of carbonyl (C=O) groups is 2. The van der Waals surface area contributed by atoms with Crippen molar-refractivity contribution in [3.63, 3.8) is 0 Å². The van der Waals surface area contributed by atoms with Crippen LogP contribution in [0.4, 0.5) is 0 Å². The summed E-state index contributed by atoms with van der Waals surface area (Å²) in [5, 5.41) is 9.21. The zero-order valence-corrected chi connectivity index (χ0v) is 9.98. The standard InChI is InChI=1S/C12H18O5/c1-16-10(13)6-9(11(14)15)8-2-5-17-12(7-8)3-4-12/h8-9H,2-7H2,1H3,(H,14,15)/t8-,9-/m0/s1. The fraction of sp³-hybridized carbons (Fsp3) is 0.833. The number of ether oxygens (including phenoxy) is 2. The SMILES string of the molecule is COC(=O)C[C@H](C(=O)O)[C@H]1CCOC2(CC2)C1. The van der Waals surface area contributed by atoms with Gasteiger partial charge in [0, 0.05) is 6.61 Å². The molecule has 96 valence electrons. The normalized spacial score (nSPS) is 27.5. The van der Waals surface area contributed by atoms with Crippen LogP contribution in [0, 0.1) is 11.8 Å². The molecule has 2 atom stereocenters. The summed E-state index contributed by atoms with van der Waals surface area (Å²) in [6.45, 7) is 0.607. The van der Waals surface area contributed by atoms with Gasteiger partial charge in [-0.2, -0.15) is 0 Å². The Balaban J connectivity index is 1.99. The van der Waals surface area contributed by atoms with E-state index in [1.54, 1.807) is 0 Å². The third-order valence-corrected chi connectivity index (χ3v) is 3.84. The molecule has 0 aromatic carbocycles. The molecule has 0 aromatic rings. The molecule has 0 unspecified atom stereocenters. The second kappa shape index (κ2) is 4.64. The first-order chi connectivity index (χ1) is 8.06. The molecule has 17 heavy (non-hydrogen) atoms. The van der Waals surface area contributed by atoms with Gasteiger partial charge in [0.2, 0.25) is 0 Å². The van der Waals surface area contributed by atoms with Gasteiger partial charge in [0.25, 0.3) is 0 Å². The van der Waals surface area contributed by atoms with Gasteiger partial charge in [-0.3, -0.25) is 9.59 Å². The molecule has 5 heteroatoms. The highest BCUT2D eigenvalue weighted by Gasteiger charge is 2.50. The molecule has 0 bridgehead atoms. The van der Waals surface area contributed by atoms with E-state index < -0.39 is 17.9 Å². The van der Waals surface area contributed by atoms with Gasteiger partial charge < -0.3 is 14.6 Å². The molecule has 2 aliphatic rings. The van der Waals surface area contributed by atoms with Crippen molar-refractivity contribution in [3.05, 3.63) is 0 Å². The van der Waals surface area contributed by atoms with Crippen molar-refractivity contribution in [2.45, 2.75) is 37.7 Å². The van der Waals surface area contributed by atoms with Gasteiger partial charge in [-0.25, -0.2) is 0 Å². The van der Waals surface area contributed by atoms with Crippen molar-refractivity contribution in [2.24, 2.45) is 11.8 Å². The Morgan fingerprint density at radius 1 is 1.53 bits per heavy atom. The number of carboxylic acid groups (broad SMARTS) is 1. The second-order valence-electron chi connectivity index (χ2n) is 5.01. The van der Waals surface area contributed by atoms with Crippen LogP contribution in [-0.2, 0) is 19.1 Å². The van der Waals surface area contributed by atoms with Crippen LogP contribution in [-0.4, -0.2) is 36.4 Å². The van der Waals surface area contributed by atoms with Gasteiger partial charge in [-0.05, 0) is 31.6 Å². The van der Waals surface area contributed by atoms with Crippen molar-refractivity contribution in [3.8, 4) is 0 Å². The minimum atomic E-state index is -0.905. The molecule has 1 aliphatic carbocycles. The predicted molar refractivity (Wildman–Crippen MR) is 58.4 cm³/mol. The summed E-state index contributed by atoms with van der Waals surface area (Å²) < 4.78 is 10.2.